The van der Waals surface area contributed by atoms with Crippen LogP contribution in [0.15, 0.2) is 6.07 Å². The summed E-state index contributed by atoms with van der Waals surface area (Å²) in [6, 6.07) is 1.41. The second kappa shape index (κ2) is 2.81. The van der Waals surface area contributed by atoms with Crippen molar-refractivity contribution in [1.82, 2.24) is 0 Å². The maximum Gasteiger partial charge on any atom is 0.231 e. The fourth-order valence-corrected chi connectivity index (χ4v) is 1.34. The van der Waals surface area contributed by atoms with Crippen LogP contribution in [0.5, 0.6) is 17.2 Å². The molecule has 0 atom stereocenters. The number of aromatic hydroxyl groups is 1. The van der Waals surface area contributed by atoms with Gasteiger partial charge in [0.1, 0.15) is 11.3 Å². The van der Waals surface area contributed by atoms with Gasteiger partial charge in [-0.3, -0.25) is 4.79 Å². The van der Waals surface area contributed by atoms with E-state index in [-0.39, 0.29) is 28.9 Å². The number of carbonyl (C=O) groups excluding carboxylic acids is 1. The van der Waals surface area contributed by atoms with Crippen LogP contribution in [-0.4, -0.2) is 18.2 Å². The number of rotatable bonds is 1. The molecule has 0 bridgehead atoms. The van der Waals surface area contributed by atoms with Crippen LogP contribution in [0.4, 0.5) is 0 Å². The number of hydrogen-bond acceptors (Lipinski definition) is 4. The van der Waals surface area contributed by atoms with Crippen LogP contribution in [0.3, 0.4) is 0 Å². The third kappa shape index (κ3) is 1.10. The summed E-state index contributed by atoms with van der Waals surface area (Å²) in [4.78, 5) is 10.6. The molecule has 0 spiro atoms. The van der Waals surface area contributed by atoms with Crippen molar-refractivity contribution in [3.8, 4) is 17.2 Å². The zero-order valence-corrected chi connectivity index (χ0v) is 7.17. The molecule has 1 aromatic rings. The molecule has 1 aliphatic heterocycles. The molecule has 1 N–H and O–H groups in total. The number of phenolic OH excluding ortho intramolecular Hbond substituents is 1. The van der Waals surface area contributed by atoms with Gasteiger partial charge in [0, 0.05) is 6.07 Å². The van der Waals surface area contributed by atoms with Crippen molar-refractivity contribution in [1.29, 1.82) is 0 Å². The van der Waals surface area contributed by atoms with Gasteiger partial charge in [0.2, 0.25) is 6.79 Å². The van der Waals surface area contributed by atoms with Gasteiger partial charge in [0.15, 0.2) is 17.8 Å². The van der Waals surface area contributed by atoms with Crippen LogP contribution in [0.25, 0.3) is 0 Å². The van der Waals surface area contributed by atoms with Gasteiger partial charge in [-0.2, -0.15) is 0 Å². The van der Waals surface area contributed by atoms with Crippen molar-refractivity contribution in [2.45, 2.75) is 0 Å². The van der Waals surface area contributed by atoms with Gasteiger partial charge in [-0.15, -0.1) is 0 Å². The van der Waals surface area contributed by atoms with Gasteiger partial charge in [0.25, 0.3) is 0 Å². The standard InChI is InChI=1S/C8H5ClO4/c9-5-1-6-8(13-3-12-6)4(2-10)7(5)11/h1-2,11H,3H2. The average Bonchev–Trinajstić information content (AvgIpc) is 2.54. The van der Waals surface area contributed by atoms with E-state index in [4.69, 9.17) is 21.1 Å². The SMILES string of the molecule is O=Cc1c(O)c(Cl)cc2c1OCO2. The lowest BCUT2D eigenvalue weighted by Gasteiger charge is -2.03. The molecule has 0 unspecified atom stereocenters. The zero-order valence-electron chi connectivity index (χ0n) is 6.41. The van der Waals surface area contributed by atoms with Gasteiger partial charge in [-0.25, -0.2) is 0 Å². The first-order valence-electron chi connectivity index (χ1n) is 3.50. The Kier molecular flexibility index (Phi) is 1.77. The number of hydrogen-bond donors (Lipinski definition) is 1. The minimum absolute atomic E-state index is 0.0278. The van der Waals surface area contributed by atoms with E-state index in [2.05, 4.69) is 0 Å². The highest BCUT2D eigenvalue weighted by Gasteiger charge is 2.23. The maximum absolute atomic E-state index is 10.6. The molecule has 4 nitrogen and oxygen atoms in total. The highest BCUT2D eigenvalue weighted by Crippen LogP contribution is 2.43. The van der Waals surface area contributed by atoms with Gasteiger partial charge < -0.3 is 14.6 Å². The molecule has 2 rings (SSSR count). The van der Waals surface area contributed by atoms with Crippen LogP contribution >= 0.6 is 11.6 Å². The van der Waals surface area contributed by atoms with Crippen LogP contribution in [0.2, 0.25) is 5.02 Å². The number of carbonyl (C=O) groups is 1. The summed E-state index contributed by atoms with van der Waals surface area (Å²) in [7, 11) is 0. The highest BCUT2D eigenvalue weighted by molar-refractivity contribution is 6.32. The van der Waals surface area contributed by atoms with Crippen molar-refractivity contribution < 1.29 is 19.4 Å². The number of phenols is 1. The molecule has 1 aromatic carbocycles. The Morgan fingerprint density at radius 3 is 3.00 bits per heavy atom. The quantitative estimate of drug-likeness (QED) is 0.700. The summed E-state index contributed by atoms with van der Waals surface area (Å²) in [5, 5.41) is 9.44. The minimum atomic E-state index is -0.277. The maximum atomic E-state index is 10.6. The molecule has 0 aliphatic carbocycles. The lowest BCUT2D eigenvalue weighted by Crippen LogP contribution is -1.94. The molecule has 0 fully saturated rings. The minimum Gasteiger partial charge on any atom is -0.505 e. The lowest BCUT2D eigenvalue weighted by molar-refractivity contribution is 0.111. The Morgan fingerprint density at radius 2 is 2.31 bits per heavy atom. The van der Waals surface area contributed by atoms with E-state index in [9.17, 15) is 9.90 Å². The van der Waals surface area contributed by atoms with Gasteiger partial charge in [-0.05, 0) is 0 Å². The topological polar surface area (TPSA) is 55.8 Å². The summed E-state index contributed by atoms with van der Waals surface area (Å²) in [6.45, 7) is 0.0377. The molecule has 0 saturated carbocycles. The molecular formula is C8H5ClO4. The number of ether oxygens (including phenoxy) is 2. The monoisotopic (exact) mass is 200 g/mol. The Bertz CT molecular complexity index is 375. The van der Waals surface area contributed by atoms with Crippen molar-refractivity contribution in [3.05, 3.63) is 16.7 Å². The van der Waals surface area contributed by atoms with Gasteiger partial charge in [0.05, 0.1) is 5.02 Å². The number of halogens is 1. The van der Waals surface area contributed by atoms with Gasteiger partial charge in [-0.1, -0.05) is 11.6 Å². The first-order chi connectivity index (χ1) is 6.24. The Labute approximate surface area is 78.6 Å². The summed E-state index contributed by atoms with van der Waals surface area (Å²) in [6.07, 6.45) is 0.481. The third-order valence-corrected chi connectivity index (χ3v) is 2.03. The summed E-state index contributed by atoms with van der Waals surface area (Å²) in [5.41, 5.74) is 0.0278. The lowest BCUT2D eigenvalue weighted by atomic mass is 10.2. The summed E-state index contributed by atoms with van der Waals surface area (Å²) in [5.74, 6) is 0.350. The fraction of sp³-hybridized carbons (Fsp3) is 0.125. The van der Waals surface area contributed by atoms with E-state index in [1.807, 2.05) is 0 Å². The van der Waals surface area contributed by atoms with Crippen LogP contribution < -0.4 is 9.47 Å². The Hall–Kier alpha value is -1.42. The molecule has 68 valence electrons. The smallest absolute Gasteiger partial charge is 0.231 e. The zero-order chi connectivity index (χ0) is 9.42. The molecule has 0 amide bonds. The molecule has 1 heterocycles. The van der Waals surface area contributed by atoms with Crippen molar-refractivity contribution in [3.63, 3.8) is 0 Å². The molecule has 13 heavy (non-hydrogen) atoms. The van der Waals surface area contributed by atoms with E-state index in [1.54, 1.807) is 0 Å². The van der Waals surface area contributed by atoms with Crippen molar-refractivity contribution >= 4 is 17.9 Å². The van der Waals surface area contributed by atoms with Crippen molar-refractivity contribution in [2.75, 3.05) is 6.79 Å². The number of fused-ring (bicyclic) bond motifs is 1. The first-order valence-corrected chi connectivity index (χ1v) is 3.88. The highest BCUT2D eigenvalue weighted by atomic mass is 35.5. The second-order valence-corrected chi connectivity index (χ2v) is 2.88. The van der Waals surface area contributed by atoms with Crippen LogP contribution in [0.1, 0.15) is 10.4 Å². The second-order valence-electron chi connectivity index (χ2n) is 2.47. The van der Waals surface area contributed by atoms with E-state index >= 15 is 0 Å². The predicted octanol–water partition coefficient (Wildman–Crippen LogP) is 1.59. The fourth-order valence-electron chi connectivity index (χ4n) is 1.14. The predicted molar refractivity (Wildman–Crippen MR) is 44.6 cm³/mol. The molecular weight excluding hydrogens is 196 g/mol. The summed E-state index contributed by atoms with van der Waals surface area (Å²) >= 11 is 5.63. The number of aldehydes is 1. The number of benzene rings is 1. The van der Waals surface area contributed by atoms with Crippen LogP contribution in [0, 0.1) is 0 Å². The molecule has 5 heteroatoms. The molecule has 0 aromatic heterocycles. The largest absolute Gasteiger partial charge is 0.505 e. The Balaban J connectivity index is 2.71. The Morgan fingerprint density at radius 1 is 1.54 bits per heavy atom. The molecule has 0 saturated heterocycles. The van der Waals surface area contributed by atoms with Crippen molar-refractivity contribution in [2.24, 2.45) is 0 Å². The average molecular weight is 201 g/mol. The van der Waals surface area contributed by atoms with Gasteiger partial charge >= 0.3 is 0 Å². The van der Waals surface area contributed by atoms with Crippen LogP contribution in [-0.2, 0) is 0 Å². The van der Waals surface area contributed by atoms with E-state index in [0.717, 1.165) is 0 Å². The first kappa shape index (κ1) is 8.19. The van der Waals surface area contributed by atoms with E-state index in [1.165, 1.54) is 6.07 Å². The van der Waals surface area contributed by atoms with E-state index in [0.29, 0.717) is 12.0 Å². The normalized spacial score (nSPS) is 13.0. The third-order valence-electron chi connectivity index (χ3n) is 1.74. The summed E-state index contributed by atoms with van der Waals surface area (Å²) < 4.78 is 9.98. The molecule has 1 aliphatic rings. The van der Waals surface area contributed by atoms with E-state index < -0.39 is 0 Å². The molecule has 0 radical (unpaired) electrons.